The molecule has 2 heteroatoms. The van der Waals surface area contributed by atoms with Crippen LogP contribution >= 0.6 is 11.8 Å². The van der Waals surface area contributed by atoms with Gasteiger partial charge in [-0.1, -0.05) is 18.2 Å². The Hall–Kier alpha value is -0.940. The van der Waals surface area contributed by atoms with Gasteiger partial charge in [-0.2, -0.15) is 5.26 Å². The first-order chi connectivity index (χ1) is 6.35. The Labute approximate surface area is 82.8 Å². The highest BCUT2D eigenvalue weighted by Gasteiger charge is 2.38. The summed E-state index contributed by atoms with van der Waals surface area (Å²) >= 11 is 1.72. The number of thioether (sulfide) groups is 1. The minimum Gasteiger partial charge on any atom is -0.197 e. The summed E-state index contributed by atoms with van der Waals surface area (Å²) < 4.78 is -0.110. The van der Waals surface area contributed by atoms with Gasteiger partial charge in [0.25, 0.3) is 0 Å². The van der Waals surface area contributed by atoms with Crippen LogP contribution < -0.4 is 0 Å². The van der Waals surface area contributed by atoms with E-state index in [0.29, 0.717) is 0 Å². The van der Waals surface area contributed by atoms with Crippen LogP contribution in [0.4, 0.5) is 0 Å². The predicted molar refractivity (Wildman–Crippen MR) is 54.5 cm³/mol. The predicted octanol–water partition coefficient (Wildman–Crippen LogP) is 3.22. The highest BCUT2D eigenvalue weighted by Crippen LogP contribution is 2.46. The topological polar surface area (TPSA) is 23.8 Å². The molecule has 0 N–H and O–H groups in total. The van der Waals surface area contributed by atoms with E-state index in [0.717, 1.165) is 12.8 Å². The lowest BCUT2D eigenvalue weighted by Gasteiger charge is -2.34. The van der Waals surface area contributed by atoms with Crippen molar-refractivity contribution in [2.45, 2.75) is 28.9 Å². The van der Waals surface area contributed by atoms with E-state index in [1.807, 2.05) is 18.2 Å². The normalized spacial score (nSPS) is 18.7. The first-order valence-corrected chi connectivity index (χ1v) is 5.32. The van der Waals surface area contributed by atoms with Crippen molar-refractivity contribution in [1.82, 2.24) is 0 Å². The van der Waals surface area contributed by atoms with Gasteiger partial charge in [-0.25, -0.2) is 0 Å². The maximum Gasteiger partial charge on any atom is 0.107 e. The van der Waals surface area contributed by atoms with Gasteiger partial charge in [0.1, 0.15) is 4.75 Å². The first-order valence-electron chi connectivity index (χ1n) is 4.50. The molecule has 1 aromatic carbocycles. The van der Waals surface area contributed by atoms with Crippen LogP contribution in [0.2, 0.25) is 0 Å². The second kappa shape index (κ2) is 3.43. The number of rotatable bonds is 2. The van der Waals surface area contributed by atoms with Crippen molar-refractivity contribution in [1.29, 1.82) is 5.26 Å². The number of nitrogens with zero attached hydrogens (tertiary/aromatic N) is 1. The average molecular weight is 189 g/mol. The Morgan fingerprint density at radius 1 is 1.23 bits per heavy atom. The lowest BCUT2D eigenvalue weighted by molar-refractivity contribution is 0.440. The Kier molecular flexibility index (Phi) is 2.28. The standard InChI is InChI=1S/C11H11NS/c12-9-11(7-4-8-11)13-10-5-2-1-3-6-10/h1-3,5-6H,4,7-8H2. The van der Waals surface area contributed by atoms with Crippen molar-refractivity contribution in [3.8, 4) is 6.07 Å². The first kappa shape index (κ1) is 8.65. The molecule has 1 saturated carbocycles. The summed E-state index contributed by atoms with van der Waals surface area (Å²) in [5.41, 5.74) is 0. The van der Waals surface area contributed by atoms with Gasteiger partial charge < -0.3 is 0 Å². The molecule has 2 rings (SSSR count). The third-order valence-electron chi connectivity index (χ3n) is 2.42. The zero-order valence-electron chi connectivity index (χ0n) is 7.36. The number of benzene rings is 1. The van der Waals surface area contributed by atoms with Crippen molar-refractivity contribution in [3.05, 3.63) is 30.3 Å². The van der Waals surface area contributed by atoms with Crippen LogP contribution in [-0.4, -0.2) is 4.75 Å². The van der Waals surface area contributed by atoms with E-state index in [9.17, 15) is 0 Å². The second-order valence-electron chi connectivity index (χ2n) is 3.37. The number of hydrogen-bond donors (Lipinski definition) is 0. The Morgan fingerprint density at radius 2 is 1.92 bits per heavy atom. The lowest BCUT2D eigenvalue weighted by Crippen LogP contribution is -2.30. The summed E-state index contributed by atoms with van der Waals surface area (Å²) in [4.78, 5) is 1.21. The van der Waals surface area contributed by atoms with Gasteiger partial charge in [-0.3, -0.25) is 0 Å². The van der Waals surface area contributed by atoms with Crippen LogP contribution in [-0.2, 0) is 0 Å². The molecule has 1 aromatic rings. The summed E-state index contributed by atoms with van der Waals surface area (Å²) in [5, 5.41) is 9.03. The fraction of sp³-hybridized carbons (Fsp3) is 0.364. The molecule has 0 spiro atoms. The molecule has 0 aliphatic heterocycles. The molecule has 0 aromatic heterocycles. The fourth-order valence-corrected chi connectivity index (χ4v) is 2.73. The van der Waals surface area contributed by atoms with E-state index in [-0.39, 0.29) is 4.75 Å². The SMILES string of the molecule is N#CC1(Sc2ccccc2)CCC1. The monoisotopic (exact) mass is 189 g/mol. The van der Waals surface area contributed by atoms with Crippen molar-refractivity contribution >= 4 is 11.8 Å². The Bertz CT molecular complexity index is 322. The molecule has 66 valence electrons. The van der Waals surface area contributed by atoms with E-state index in [2.05, 4.69) is 18.2 Å². The van der Waals surface area contributed by atoms with Crippen LogP contribution in [0.15, 0.2) is 35.2 Å². The molecular weight excluding hydrogens is 178 g/mol. The molecule has 0 unspecified atom stereocenters. The molecule has 0 heterocycles. The van der Waals surface area contributed by atoms with E-state index in [1.165, 1.54) is 11.3 Å². The minimum atomic E-state index is -0.110. The van der Waals surface area contributed by atoms with Crippen LogP contribution in [0.1, 0.15) is 19.3 Å². The third-order valence-corrected chi connectivity index (χ3v) is 3.82. The zero-order valence-corrected chi connectivity index (χ0v) is 8.18. The van der Waals surface area contributed by atoms with Gasteiger partial charge >= 0.3 is 0 Å². The van der Waals surface area contributed by atoms with Crippen LogP contribution in [0.3, 0.4) is 0 Å². The maximum atomic E-state index is 9.03. The lowest BCUT2D eigenvalue weighted by atomic mass is 9.86. The van der Waals surface area contributed by atoms with Gasteiger partial charge in [-0.05, 0) is 31.4 Å². The van der Waals surface area contributed by atoms with Crippen LogP contribution in [0, 0.1) is 11.3 Å². The Balaban J connectivity index is 2.10. The van der Waals surface area contributed by atoms with E-state index in [4.69, 9.17) is 5.26 Å². The number of nitriles is 1. The largest absolute Gasteiger partial charge is 0.197 e. The van der Waals surface area contributed by atoms with Gasteiger partial charge in [-0.15, -0.1) is 11.8 Å². The van der Waals surface area contributed by atoms with Gasteiger partial charge in [0.15, 0.2) is 0 Å². The van der Waals surface area contributed by atoms with Crippen molar-refractivity contribution in [3.63, 3.8) is 0 Å². The van der Waals surface area contributed by atoms with Crippen LogP contribution in [0.5, 0.6) is 0 Å². The molecule has 1 aliphatic carbocycles. The molecule has 1 nitrogen and oxygen atoms in total. The van der Waals surface area contributed by atoms with E-state index < -0.39 is 0 Å². The van der Waals surface area contributed by atoms with E-state index >= 15 is 0 Å². The van der Waals surface area contributed by atoms with Gasteiger partial charge in [0.2, 0.25) is 0 Å². The molecule has 0 amide bonds. The molecule has 0 atom stereocenters. The second-order valence-corrected chi connectivity index (χ2v) is 4.83. The zero-order chi connectivity index (χ0) is 9.15. The van der Waals surface area contributed by atoms with Crippen LogP contribution in [0.25, 0.3) is 0 Å². The summed E-state index contributed by atoms with van der Waals surface area (Å²) in [7, 11) is 0. The third kappa shape index (κ3) is 1.71. The quantitative estimate of drug-likeness (QED) is 0.713. The van der Waals surface area contributed by atoms with Crippen molar-refractivity contribution in [2.24, 2.45) is 0 Å². The highest BCUT2D eigenvalue weighted by atomic mass is 32.2. The summed E-state index contributed by atoms with van der Waals surface area (Å²) in [6.45, 7) is 0. The summed E-state index contributed by atoms with van der Waals surface area (Å²) in [5.74, 6) is 0. The average Bonchev–Trinajstić information content (AvgIpc) is 2.13. The smallest absolute Gasteiger partial charge is 0.107 e. The minimum absolute atomic E-state index is 0.110. The molecule has 0 bridgehead atoms. The number of hydrogen-bond acceptors (Lipinski definition) is 2. The van der Waals surface area contributed by atoms with Crippen molar-refractivity contribution in [2.75, 3.05) is 0 Å². The van der Waals surface area contributed by atoms with Crippen molar-refractivity contribution < 1.29 is 0 Å². The molecular formula is C11H11NS. The summed E-state index contributed by atoms with van der Waals surface area (Å²) in [6, 6.07) is 12.6. The molecule has 1 fully saturated rings. The van der Waals surface area contributed by atoms with E-state index in [1.54, 1.807) is 11.8 Å². The highest BCUT2D eigenvalue weighted by molar-refractivity contribution is 8.01. The molecule has 1 aliphatic rings. The fourth-order valence-electron chi connectivity index (χ4n) is 1.45. The molecule has 0 saturated heterocycles. The molecule has 13 heavy (non-hydrogen) atoms. The van der Waals surface area contributed by atoms with Gasteiger partial charge in [0.05, 0.1) is 6.07 Å². The summed E-state index contributed by atoms with van der Waals surface area (Å²) in [6.07, 6.45) is 3.29. The molecule has 0 radical (unpaired) electrons. The maximum absolute atomic E-state index is 9.03. The van der Waals surface area contributed by atoms with Gasteiger partial charge in [0, 0.05) is 4.90 Å². The Morgan fingerprint density at radius 3 is 2.38 bits per heavy atom.